The van der Waals surface area contributed by atoms with E-state index < -0.39 is 10.0 Å². The third-order valence-electron chi connectivity index (χ3n) is 5.92. The number of carbonyl (C=O) groups excluding carboxylic acids is 2. The highest BCUT2D eigenvalue weighted by molar-refractivity contribution is 7.92. The molecule has 2 heterocycles. The fourth-order valence-electron chi connectivity index (χ4n) is 4.13. The first kappa shape index (κ1) is 22.2. The van der Waals surface area contributed by atoms with Crippen molar-refractivity contribution in [2.75, 3.05) is 32.7 Å². The Kier molecular flexibility index (Phi) is 6.72. The quantitative estimate of drug-likeness (QED) is 0.672. The maximum Gasteiger partial charge on any atom is 0.236 e. The molecule has 0 N–H and O–H groups in total. The molecule has 2 fully saturated rings. The van der Waals surface area contributed by atoms with Crippen LogP contribution < -0.4 is 0 Å². The fourth-order valence-corrected chi connectivity index (χ4v) is 5.30. The number of hydrogen-bond donors (Lipinski definition) is 0. The van der Waals surface area contributed by atoms with Gasteiger partial charge in [-0.25, -0.2) is 8.42 Å². The Bertz CT molecular complexity index is 1080. The Morgan fingerprint density at radius 3 is 2.22 bits per heavy atom. The predicted molar refractivity (Wildman–Crippen MR) is 123 cm³/mol. The van der Waals surface area contributed by atoms with Crippen molar-refractivity contribution in [3.8, 4) is 0 Å². The van der Waals surface area contributed by atoms with Gasteiger partial charge in [0.2, 0.25) is 21.8 Å². The van der Waals surface area contributed by atoms with Crippen molar-refractivity contribution in [3.63, 3.8) is 0 Å². The second-order valence-electron chi connectivity index (χ2n) is 8.14. The average Bonchev–Trinajstić information content (AvgIpc) is 3.19. The van der Waals surface area contributed by atoms with Crippen molar-refractivity contribution in [1.82, 2.24) is 14.1 Å². The number of nitrogens with zero attached hydrogens (tertiary/aromatic N) is 3. The van der Waals surface area contributed by atoms with E-state index in [-0.39, 0.29) is 37.2 Å². The zero-order valence-corrected chi connectivity index (χ0v) is 18.7. The highest BCUT2D eigenvalue weighted by atomic mass is 32.2. The van der Waals surface area contributed by atoms with Crippen LogP contribution in [0.25, 0.3) is 6.08 Å². The van der Waals surface area contributed by atoms with Crippen LogP contribution in [-0.4, -0.2) is 67.1 Å². The van der Waals surface area contributed by atoms with Gasteiger partial charge in [-0.2, -0.15) is 4.31 Å². The summed E-state index contributed by atoms with van der Waals surface area (Å²) < 4.78 is 26.7. The molecule has 2 aliphatic rings. The number of carbonyl (C=O) groups is 2. The number of likely N-dealkylation sites (tertiary alicyclic amines) is 1. The summed E-state index contributed by atoms with van der Waals surface area (Å²) in [6.07, 6.45) is 1.79. The molecule has 1 atom stereocenters. The van der Waals surface area contributed by atoms with Crippen LogP contribution in [0, 0.1) is 5.92 Å². The topological polar surface area (TPSA) is 78.0 Å². The maximum atomic E-state index is 13.0. The SMILES string of the molecule is O=C1C[C@H](C(=O)N2CCN(S(=O)(=O)/C=C/c3ccccc3)CC2)CN1Cc1ccccc1. The van der Waals surface area contributed by atoms with E-state index in [2.05, 4.69) is 0 Å². The van der Waals surface area contributed by atoms with Crippen molar-refractivity contribution in [1.29, 1.82) is 0 Å². The fraction of sp³-hybridized carbons (Fsp3) is 0.333. The highest BCUT2D eigenvalue weighted by Crippen LogP contribution is 2.23. The Morgan fingerprint density at radius 1 is 0.938 bits per heavy atom. The first-order chi connectivity index (χ1) is 15.4. The lowest BCUT2D eigenvalue weighted by molar-refractivity contribution is -0.137. The summed E-state index contributed by atoms with van der Waals surface area (Å²) in [4.78, 5) is 28.8. The minimum atomic E-state index is -3.55. The second-order valence-corrected chi connectivity index (χ2v) is 9.96. The monoisotopic (exact) mass is 453 g/mol. The molecule has 0 spiro atoms. The molecular formula is C24H27N3O4S. The molecule has 0 aromatic heterocycles. The maximum absolute atomic E-state index is 13.0. The Hall–Kier alpha value is -2.97. The van der Waals surface area contributed by atoms with Crippen LogP contribution in [0.4, 0.5) is 0 Å². The number of amides is 2. The molecule has 2 aliphatic heterocycles. The van der Waals surface area contributed by atoms with Crippen LogP contribution in [0.2, 0.25) is 0 Å². The van der Waals surface area contributed by atoms with E-state index in [0.717, 1.165) is 11.1 Å². The van der Waals surface area contributed by atoms with Crippen LogP contribution in [-0.2, 0) is 26.2 Å². The molecule has 2 saturated heterocycles. The molecule has 2 amide bonds. The van der Waals surface area contributed by atoms with Crippen LogP contribution >= 0.6 is 0 Å². The first-order valence-electron chi connectivity index (χ1n) is 10.8. The van der Waals surface area contributed by atoms with Crippen LogP contribution in [0.15, 0.2) is 66.1 Å². The van der Waals surface area contributed by atoms with Crippen molar-refractivity contribution in [3.05, 3.63) is 77.2 Å². The van der Waals surface area contributed by atoms with Crippen LogP contribution in [0.1, 0.15) is 17.5 Å². The average molecular weight is 454 g/mol. The molecule has 168 valence electrons. The molecule has 7 nitrogen and oxygen atoms in total. The van der Waals surface area contributed by atoms with E-state index in [4.69, 9.17) is 0 Å². The van der Waals surface area contributed by atoms with Gasteiger partial charge in [0, 0.05) is 51.1 Å². The molecule has 0 bridgehead atoms. The first-order valence-corrected chi connectivity index (χ1v) is 12.3. The second kappa shape index (κ2) is 9.67. The minimum Gasteiger partial charge on any atom is -0.340 e. The van der Waals surface area contributed by atoms with E-state index in [1.54, 1.807) is 15.9 Å². The molecule has 2 aromatic rings. The lowest BCUT2D eigenvalue weighted by Crippen LogP contribution is -2.51. The Balaban J connectivity index is 1.31. The summed E-state index contributed by atoms with van der Waals surface area (Å²) in [6, 6.07) is 19.0. The van der Waals surface area contributed by atoms with Gasteiger partial charge in [-0.1, -0.05) is 60.7 Å². The minimum absolute atomic E-state index is 0.0144. The molecule has 8 heteroatoms. The highest BCUT2D eigenvalue weighted by Gasteiger charge is 2.38. The van der Waals surface area contributed by atoms with Gasteiger partial charge in [0.05, 0.1) is 5.92 Å². The number of rotatable bonds is 6. The summed E-state index contributed by atoms with van der Waals surface area (Å²) in [7, 11) is -3.55. The third kappa shape index (κ3) is 5.26. The lowest BCUT2D eigenvalue weighted by atomic mass is 10.1. The van der Waals surface area contributed by atoms with Gasteiger partial charge >= 0.3 is 0 Å². The van der Waals surface area contributed by atoms with Crippen LogP contribution in [0.5, 0.6) is 0 Å². The van der Waals surface area contributed by atoms with Crippen molar-refractivity contribution < 1.29 is 18.0 Å². The smallest absolute Gasteiger partial charge is 0.236 e. The molecule has 2 aromatic carbocycles. The predicted octanol–water partition coefficient (Wildman–Crippen LogP) is 2.18. The standard InChI is InChI=1S/C24H27N3O4S/c28-23-17-22(19-26(23)18-21-9-5-2-6-10-21)24(29)25-12-14-27(15-13-25)32(30,31)16-11-20-7-3-1-4-8-20/h1-11,16,22H,12-15,17-19H2/b16-11+/t22-/m0/s1. The largest absolute Gasteiger partial charge is 0.340 e. The van der Waals surface area contributed by atoms with Gasteiger partial charge in [-0.15, -0.1) is 0 Å². The van der Waals surface area contributed by atoms with Gasteiger partial charge in [-0.05, 0) is 17.2 Å². The summed E-state index contributed by atoms with van der Waals surface area (Å²) in [5.41, 5.74) is 1.85. The number of hydrogen-bond acceptors (Lipinski definition) is 4. The number of sulfonamides is 1. The van der Waals surface area contributed by atoms with Crippen molar-refractivity contribution in [2.24, 2.45) is 5.92 Å². The Labute approximate surface area is 189 Å². The molecule has 0 saturated carbocycles. The number of piperazine rings is 1. The molecule has 0 radical (unpaired) electrons. The third-order valence-corrected chi connectivity index (χ3v) is 7.49. The van der Waals surface area contributed by atoms with Crippen LogP contribution in [0.3, 0.4) is 0 Å². The van der Waals surface area contributed by atoms with Gasteiger partial charge in [0.1, 0.15) is 0 Å². The van der Waals surface area contributed by atoms with E-state index in [1.807, 2.05) is 60.7 Å². The molecule has 0 unspecified atom stereocenters. The zero-order valence-electron chi connectivity index (χ0n) is 17.8. The van der Waals surface area contributed by atoms with Gasteiger partial charge in [-0.3, -0.25) is 9.59 Å². The molecule has 4 rings (SSSR count). The van der Waals surface area contributed by atoms with E-state index in [0.29, 0.717) is 26.2 Å². The lowest BCUT2D eigenvalue weighted by Gasteiger charge is -2.34. The zero-order chi connectivity index (χ0) is 22.6. The van der Waals surface area contributed by atoms with Gasteiger partial charge in [0.25, 0.3) is 0 Å². The molecule has 32 heavy (non-hydrogen) atoms. The summed E-state index contributed by atoms with van der Waals surface area (Å²) in [5, 5.41) is 1.22. The van der Waals surface area contributed by atoms with E-state index >= 15 is 0 Å². The Morgan fingerprint density at radius 2 is 1.56 bits per heavy atom. The van der Waals surface area contributed by atoms with E-state index in [9.17, 15) is 18.0 Å². The van der Waals surface area contributed by atoms with Crippen molar-refractivity contribution in [2.45, 2.75) is 13.0 Å². The molecule has 0 aliphatic carbocycles. The van der Waals surface area contributed by atoms with Crippen molar-refractivity contribution >= 4 is 27.9 Å². The summed E-state index contributed by atoms with van der Waals surface area (Å²) >= 11 is 0. The summed E-state index contributed by atoms with van der Waals surface area (Å²) in [6.45, 7) is 2.08. The molecular weight excluding hydrogens is 426 g/mol. The summed E-state index contributed by atoms with van der Waals surface area (Å²) in [5.74, 6) is -0.447. The van der Waals surface area contributed by atoms with Gasteiger partial charge in [0.15, 0.2) is 0 Å². The number of benzene rings is 2. The van der Waals surface area contributed by atoms with E-state index in [1.165, 1.54) is 9.71 Å². The normalized spacial score (nSPS) is 20.2. The van der Waals surface area contributed by atoms with Gasteiger partial charge < -0.3 is 9.80 Å².